The third-order valence-corrected chi connectivity index (χ3v) is 7.49. The van der Waals surface area contributed by atoms with Gasteiger partial charge in [0.1, 0.15) is 0 Å². The van der Waals surface area contributed by atoms with Crippen molar-refractivity contribution in [1.82, 2.24) is 10.6 Å². The molecule has 0 aromatic heterocycles. The first kappa shape index (κ1) is 30.4. The van der Waals surface area contributed by atoms with Gasteiger partial charge in [0.2, 0.25) is 23.0 Å². The third-order valence-electron chi connectivity index (χ3n) is 7.49. The molecule has 3 N–H and O–H groups in total. The van der Waals surface area contributed by atoms with E-state index in [2.05, 4.69) is 16.0 Å². The second-order valence-electron chi connectivity index (χ2n) is 10.3. The van der Waals surface area contributed by atoms with E-state index in [0.717, 1.165) is 22.3 Å². The van der Waals surface area contributed by atoms with E-state index < -0.39 is 0 Å². The number of hydrogen-bond donors (Lipinski definition) is 3. The Balaban J connectivity index is 1.60. The lowest BCUT2D eigenvalue weighted by molar-refractivity contribution is -0.122. The summed E-state index contributed by atoms with van der Waals surface area (Å²) in [6.07, 6.45) is 2.08. The average molecular weight is 574 g/mol. The SMILES string of the molecule is COc1cc2c(c(OC)c1OC)-c1ccc(NCCCC(=O)N[C@@H](C)c3ccccc3)c(=O)cc1[C@@H](NC(C)=O)CC2. The minimum atomic E-state index is -0.380. The molecule has 3 aromatic carbocycles. The fourth-order valence-electron chi connectivity index (χ4n) is 5.46. The van der Waals surface area contributed by atoms with Gasteiger partial charge in [0.25, 0.3) is 0 Å². The van der Waals surface area contributed by atoms with E-state index in [9.17, 15) is 14.4 Å². The predicted octanol–water partition coefficient (Wildman–Crippen LogP) is 4.93. The maximum absolute atomic E-state index is 13.4. The Hall–Kier alpha value is -4.53. The van der Waals surface area contributed by atoms with Crippen molar-refractivity contribution >= 4 is 17.5 Å². The van der Waals surface area contributed by atoms with Gasteiger partial charge in [0.05, 0.1) is 39.1 Å². The van der Waals surface area contributed by atoms with Gasteiger partial charge in [0.15, 0.2) is 11.5 Å². The molecule has 0 fully saturated rings. The van der Waals surface area contributed by atoms with Crippen molar-refractivity contribution in [3.05, 3.63) is 81.5 Å². The second-order valence-corrected chi connectivity index (χ2v) is 10.3. The molecule has 0 unspecified atom stereocenters. The van der Waals surface area contributed by atoms with Crippen molar-refractivity contribution in [2.75, 3.05) is 33.2 Å². The van der Waals surface area contributed by atoms with Crippen molar-refractivity contribution in [3.63, 3.8) is 0 Å². The van der Waals surface area contributed by atoms with Gasteiger partial charge in [-0.3, -0.25) is 14.4 Å². The summed E-state index contributed by atoms with van der Waals surface area (Å²) in [6, 6.07) is 16.5. The molecule has 1 aliphatic carbocycles. The van der Waals surface area contributed by atoms with Crippen LogP contribution in [-0.2, 0) is 16.0 Å². The highest BCUT2D eigenvalue weighted by molar-refractivity contribution is 5.84. The molecule has 0 saturated carbocycles. The Kier molecular flexibility index (Phi) is 10.1. The summed E-state index contributed by atoms with van der Waals surface area (Å²) in [7, 11) is 4.69. The molecule has 2 amide bonds. The van der Waals surface area contributed by atoms with E-state index in [1.54, 1.807) is 33.5 Å². The summed E-state index contributed by atoms with van der Waals surface area (Å²) in [6.45, 7) is 3.86. The molecule has 0 aliphatic heterocycles. The minimum Gasteiger partial charge on any atom is -0.493 e. The number of aryl methyl sites for hydroxylation is 1. The lowest BCUT2D eigenvalue weighted by Gasteiger charge is -2.19. The molecule has 0 spiro atoms. The molecular weight excluding hydrogens is 534 g/mol. The standard InChI is InChI=1S/C33H39N3O6/c1-20(22-10-7-6-8-11-22)35-30(39)12-9-17-34-27-16-14-24-25(19-28(27)38)26(36-21(2)37)15-13-23-18-29(40-3)32(41-4)33(42-5)31(23)24/h6-8,10-11,14,16,18-20,26H,9,12-13,15,17H2,1-5H3,(H,34,38)(H,35,39)(H,36,37)/t20-,26-/m0/s1. The number of methoxy groups -OCH3 is 3. The van der Waals surface area contributed by atoms with Gasteiger partial charge in [0, 0.05) is 25.5 Å². The number of anilines is 1. The largest absolute Gasteiger partial charge is 0.493 e. The first-order valence-electron chi connectivity index (χ1n) is 14.1. The molecule has 42 heavy (non-hydrogen) atoms. The normalized spacial score (nSPS) is 14.4. The van der Waals surface area contributed by atoms with Crippen LogP contribution in [0.1, 0.15) is 61.9 Å². The lowest BCUT2D eigenvalue weighted by atomic mass is 9.95. The van der Waals surface area contributed by atoms with Crippen LogP contribution in [0.25, 0.3) is 11.1 Å². The molecule has 2 atom stereocenters. The van der Waals surface area contributed by atoms with Gasteiger partial charge in [-0.05, 0) is 66.6 Å². The number of hydrogen-bond acceptors (Lipinski definition) is 7. The van der Waals surface area contributed by atoms with Crippen LogP contribution in [-0.4, -0.2) is 39.7 Å². The van der Waals surface area contributed by atoms with E-state index in [1.165, 1.54) is 6.92 Å². The zero-order valence-electron chi connectivity index (χ0n) is 24.8. The maximum Gasteiger partial charge on any atom is 0.220 e. The molecule has 0 heterocycles. The smallest absolute Gasteiger partial charge is 0.220 e. The third kappa shape index (κ3) is 6.84. The summed E-state index contributed by atoms with van der Waals surface area (Å²) >= 11 is 0. The fourth-order valence-corrected chi connectivity index (χ4v) is 5.46. The number of rotatable bonds is 11. The van der Waals surface area contributed by atoms with Crippen LogP contribution in [0, 0.1) is 0 Å². The minimum absolute atomic E-state index is 0.0490. The Morgan fingerprint density at radius 2 is 1.71 bits per heavy atom. The Bertz CT molecular complexity index is 1490. The van der Waals surface area contributed by atoms with Crippen LogP contribution in [0.3, 0.4) is 0 Å². The van der Waals surface area contributed by atoms with E-state index >= 15 is 0 Å². The number of fused-ring (bicyclic) bond motifs is 3. The van der Waals surface area contributed by atoms with Crippen LogP contribution >= 0.6 is 0 Å². The second kappa shape index (κ2) is 13.9. The van der Waals surface area contributed by atoms with Crippen LogP contribution < -0.4 is 35.6 Å². The van der Waals surface area contributed by atoms with E-state index in [0.29, 0.717) is 60.7 Å². The number of ether oxygens (including phenoxy) is 3. The Morgan fingerprint density at radius 1 is 0.976 bits per heavy atom. The Labute approximate surface area is 246 Å². The molecule has 0 radical (unpaired) electrons. The van der Waals surface area contributed by atoms with Crippen LogP contribution in [0.2, 0.25) is 0 Å². The summed E-state index contributed by atoms with van der Waals surface area (Å²) in [4.78, 5) is 38.1. The van der Waals surface area contributed by atoms with Crippen LogP contribution in [0.5, 0.6) is 17.2 Å². The fraction of sp³-hybridized carbons (Fsp3) is 0.364. The van der Waals surface area contributed by atoms with Crippen molar-refractivity contribution in [2.24, 2.45) is 0 Å². The average Bonchev–Trinajstić information content (AvgIpc) is 3.23. The van der Waals surface area contributed by atoms with Crippen molar-refractivity contribution < 1.29 is 23.8 Å². The summed E-state index contributed by atoms with van der Waals surface area (Å²) < 4.78 is 17.1. The highest BCUT2D eigenvalue weighted by Gasteiger charge is 2.29. The number of carbonyl (C=O) groups excluding carboxylic acids is 2. The quantitative estimate of drug-likeness (QED) is 0.279. The molecule has 0 saturated heterocycles. The van der Waals surface area contributed by atoms with Crippen molar-refractivity contribution in [3.8, 4) is 28.4 Å². The van der Waals surface area contributed by atoms with Crippen molar-refractivity contribution in [1.29, 1.82) is 0 Å². The monoisotopic (exact) mass is 573 g/mol. The zero-order valence-corrected chi connectivity index (χ0v) is 24.8. The molecule has 222 valence electrons. The predicted molar refractivity (Wildman–Crippen MR) is 163 cm³/mol. The summed E-state index contributed by atoms with van der Waals surface area (Å²) in [5, 5.41) is 9.24. The van der Waals surface area contributed by atoms with Gasteiger partial charge in [-0.25, -0.2) is 0 Å². The maximum atomic E-state index is 13.4. The van der Waals surface area contributed by atoms with Gasteiger partial charge in [-0.2, -0.15) is 0 Å². The molecular formula is C33H39N3O6. The van der Waals surface area contributed by atoms with Crippen LogP contribution in [0.15, 0.2) is 59.4 Å². The Morgan fingerprint density at radius 3 is 2.38 bits per heavy atom. The summed E-state index contributed by atoms with van der Waals surface area (Å²) in [5.41, 5.74) is 4.45. The number of nitrogens with one attached hydrogen (secondary N) is 3. The highest BCUT2D eigenvalue weighted by atomic mass is 16.5. The van der Waals surface area contributed by atoms with E-state index in [-0.39, 0.29) is 29.3 Å². The molecule has 4 rings (SSSR count). The van der Waals surface area contributed by atoms with Crippen molar-refractivity contribution in [2.45, 2.75) is 51.6 Å². The van der Waals surface area contributed by atoms with Gasteiger partial charge in [-0.15, -0.1) is 0 Å². The first-order chi connectivity index (χ1) is 20.3. The van der Waals surface area contributed by atoms with Gasteiger partial charge >= 0.3 is 0 Å². The summed E-state index contributed by atoms with van der Waals surface area (Å²) in [5.74, 6) is 1.26. The zero-order chi connectivity index (χ0) is 30.2. The first-order valence-corrected chi connectivity index (χ1v) is 14.1. The molecule has 0 bridgehead atoms. The number of carbonyl (C=O) groups is 2. The van der Waals surface area contributed by atoms with Gasteiger partial charge in [-0.1, -0.05) is 36.4 Å². The molecule has 9 nitrogen and oxygen atoms in total. The lowest BCUT2D eigenvalue weighted by Crippen LogP contribution is -2.27. The van der Waals surface area contributed by atoms with E-state index in [4.69, 9.17) is 14.2 Å². The van der Waals surface area contributed by atoms with Gasteiger partial charge < -0.3 is 30.2 Å². The highest BCUT2D eigenvalue weighted by Crippen LogP contribution is 2.50. The number of benzene rings is 2. The topological polar surface area (TPSA) is 115 Å². The molecule has 9 heteroatoms. The molecule has 3 aromatic rings. The molecule has 1 aliphatic rings. The van der Waals surface area contributed by atoms with E-state index in [1.807, 2.05) is 49.4 Å². The van der Waals surface area contributed by atoms with Crippen LogP contribution in [0.4, 0.5) is 5.69 Å². The number of amides is 2.